The van der Waals surface area contributed by atoms with Gasteiger partial charge in [0.1, 0.15) is 0 Å². The van der Waals surface area contributed by atoms with Crippen LogP contribution in [0.25, 0.3) is 0 Å². The van der Waals surface area contributed by atoms with Gasteiger partial charge in [-0.2, -0.15) is 0 Å². The van der Waals surface area contributed by atoms with Crippen LogP contribution in [-0.4, -0.2) is 41.0 Å². The number of carboxylic acids is 1. The van der Waals surface area contributed by atoms with Gasteiger partial charge < -0.3 is 10.8 Å². The Kier molecular flexibility index (Phi) is 2.87. The molecule has 0 bridgehead atoms. The van der Waals surface area contributed by atoms with E-state index < -0.39 is 5.97 Å². The van der Waals surface area contributed by atoms with Crippen LogP contribution in [0.4, 0.5) is 0 Å². The molecule has 1 aliphatic rings. The number of likely N-dealkylation sites (tertiary alicyclic amines) is 1. The molecule has 1 heterocycles. The summed E-state index contributed by atoms with van der Waals surface area (Å²) in [6.07, 6.45) is 0.183. The maximum absolute atomic E-state index is 10.7. The van der Waals surface area contributed by atoms with Crippen LogP contribution in [0.1, 0.15) is 13.3 Å². The first-order valence-corrected chi connectivity index (χ1v) is 4.26. The van der Waals surface area contributed by atoms with Gasteiger partial charge in [-0.3, -0.25) is 14.5 Å². The number of nitrogens with zero attached hydrogens (tertiary/aromatic N) is 1. The summed E-state index contributed by atoms with van der Waals surface area (Å²) in [5.41, 5.74) is 5.10. The molecule has 1 saturated heterocycles. The predicted octanol–water partition coefficient (Wildman–Crippen LogP) is -0.733. The van der Waals surface area contributed by atoms with Gasteiger partial charge in [0.05, 0.1) is 12.5 Å². The fourth-order valence-electron chi connectivity index (χ4n) is 1.48. The van der Waals surface area contributed by atoms with Gasteiger partial charge in [-0.05, 0) is 12.8 Å². The molecular formula is C8H14N2O3. The minimum atomic E-state index is -0.781. The van der Waals surface area contributed by atoms with Gasteiger partial charge in [0.15, 0.2) is 0 Å². The number of carbonyl (C=O) groups excluding carboxylic acids is 1. The Morgan fingerprint density at radius 2 is 2.15 bits per heavy atom. The van der Waals surface area contributed by atoms with Crippen molar-refractivity contribution in [1.82, 2.24) is 4.90 Å². The van der Waals surface area contributed by atoms with Crippen LogP contribution in [0.5, 0.6) is 0 Å². The van der Waals surface area contributed by atoms with Gasteiger partial charge in [-0.1, -0.05) is 0 Å². The highest BCUT2D eigenvalue weighted by atomic mass is 16.4. The third-order valence-electron chi connectivity index (χ3n) is 2.41. The summed E-state index contributed by atoms with van der Waals surface area (Å²) in [6.45, 7) is 3.06. The second-order valence-electron chi connectivity index (χ2n) is 3.50. The second-order valence-corrected chi connectivity index (χ2v) is 3.50. The Hall–Kier alpha value is -1.10. The SMILES string of the molecule is CC(C(N)=O)N1CC(CC(=O)O)C1. The van der Waals surface area contributed by atoms with Crippen molar-refractivity contribution in [2.45, 2.75) is 19.4 Å². The van der Waals surface area contributed by atoms with E-state index in [2.05, 4.69) is 0 Å². The molecular weight excluding hydrogens is 172 g/mol. The first-order chi connectivity index (χ1) is 6.00. The van der Waals surface area contributed by atoms with Crippen molar-refractivity contribution in [1.29, 1.82) is 0 Å². The quantitative estimate of drug-likeness (QED) is 0.606. The smallest absolute Gasteiger partial charge is 0.303 e. The van der Waals surface area contributed by atoms with Crippen molar-refractivity contribution < 1.29 is 14.7 Å². The molecule has 0 aromatic rings. The van der Waals surface area contributed by atoms with E-state index in [4.69, 9.17) is 10.8 Å². The summed E-state index contributed by atoms with van der Waals surface area (Å²) in [5.74, 6) is -0.954. The van der Waals surface area contributed by atoms with E-state index in [-0.39, 0.29) is 24.3 Å². The van der Waals surface area contributed by atoms with Gasteiger partial charge >= 0.3 is 5.97 Å². The number of carbonyl (C=O) groups is 2. The standard InChI is InChI=1S/C8H14N2O3/c1-5(8(9)13)10-3-6(4-10)2-7(11)12/h5-6H,2-4H2,1H3,(H2,9,13)(H,11,12). The molecule has 0 saturated carbocycles. The fourth-order valence-corrected chi connectivity index (χ4v) is 1.48. The molecule has 5 nitrogen and oxygen atoms in total. The number of hydrogen-bond acceptors (Lipinski definition) is 3. The van der Waals surface area contributed by atoms with Crippen LogP contribution in [-0.2, 0) is 9.59 Å². The van der Waals surface area contributed by atoms with Gasteiger partial charge in [-0.15, -0.1) is 0 Å². The molecule has 5 heteroatoms. The highest BCUT2D eigenvalue weighted by molar-refractivity contribution is 5.79. The highest BCUT2D eigenvalue weighted by Crippen LogP contribution is 2.21. The third kappa shape index (κ3) is 2.42. The zero-order valence-corrected chi connectivity index (χ0v) is 7.56. The van der Waals surface area contributed by atoms with Crippen molar-refractivity contribution in [3.8, 4) is 0 Å². The zero-order chi connectivity index (χ0) is 10.0. The van der Waals surface area contributed by atoms with Crippen molar-refractivity contribution in [2.75, 3.05) is 13.1 Å². The molecule has 1 aliphatic heterocycles. The number of rotatable bonds is 4. The minimum absolute atomic E-state index is 0.180. The van der Waals surface area contributed by atoms with Gasteiger partial charge in [0.25, 0.3) is 0 Å². The van der Waals surface area contributed by atoms with Crippen molar-refractivity contribution in [2.24, 2.45) is 11.7 Å². The molecule has 3 N–H and O–H groups in total. The number of nitrogens with two attached hydrogens (primary N) is 1. The number of primary amides is 1. The molecule has 13 heavy (non-hydrogen) atoms. The summed E-state index contributed by atoms with van der Waals surface area (Å²) in [7, 11) is 0. The normalized spacial score (nSPS) is 20.7. The van der Waals surface area contributed by atoms with Crippen LogP contribution in [0.3, 0.4) is 0 Å². The van der Waals surface area contributed by atoms with Gasteiger partial charge in [0, 0.05) is 13.1 Å². The average Bonchev–Trinajstić information content (AvgIpc) is 1.94. The number of amides is 1. The molecule has 1 unspecified atom stereocenters. The maximum atomic E-state index is 10.7. The Labute approximate surface area is 76.5 Å². The predicted molar refractivity (Wildman–Crippen MR) is 46.0 cm³/mol. The van der Waals surface area contributed by atoms with Gasteiger partial charge in [0.2, 0.25) is 5.91 Å². The average molecular weight is 186 g/mol. The Morgan fingerprint density at radius 3 is 2.54 bits per heavy atom. The lowest BCUT2D eigenvalue weighted by Gasteiger charge is -2.41. The Bertz CT molecular complexity index is 223. The summed E-state index contributed by atoms with van der Waals surface area (Å²) < 4.78 is 0. The largest absolute Gasteiger partial charge is 0.481 e. The van der Waals surface area contributed by atoms with E-state index in [1.54, 1.807) is 6.92 Å². The van der Waals surface area contributed by atoms with E-state index in [9.17, 15) is 9.59 Å². The molecule has 1 rings (SSSR count). The van der Waals surface area contributed by atoms with Crippen LogP contribution in [0.2, 0.25) is 0 Å². The maximum Gasteiger partial charge on any atom is 0.303 e. The van der Waals surface area contributed by atoms with Crippen LogP contribution < -0.4 is 5.73 Å². The molecule has 74 valence electrons. The lowest BCUT2D eigenvalue weighted by molar-refractivity contribution is -0.140. The molecule has 0 spiro atoms. The number of hydrogen-bond donors (Lipinski definition) is 2. The molecule has 0 aromatic heterocycles. The van der Waals surface area contributed by atoms with Crippen LogP contribution >= 0.6 is 0 Å². The van der Waals surface area contributed by atoms with Crippen molar-refractivity contribution >= 4 is 11.9 Å². The zero-order valence-electron chi connectivity index (χ0n) is 7.56. The monoisotopic (exact) mass is 186 g/mol. The summed E-state index contributed by atoms with van der Waals surface area (Å²) in [4.78, 5) is 22.9. The Morgan fingerprint density at radius 1 is 1.62 bits per heavy atom. The first kappa shape index (κ1) is 9.98. The highest BCUT2D eigenvalue weighted by Gasteiger charge is 2.33. The molecule has 0 aliphatic carbocycles. The lowest BCUT2D eigenvalue weighted by atomic mass is 9.94. The van der Waals surface area contributed by atoms with Crippen LogP contribution in [0.15, 0.2) is 0 Å². The van der Waals surface area contributed by atoms with E-state index in [1.165, 1.54) is 0 Å². The second kappa shape index (κ2) is 3.74. The van der Waals surface area contributed by atoms with E-state index in [0.29, 0.717) is 13.1 Å². The first-order valence-electron chi connectivity index (χ1n) is 4.26. The van der Waals surface area contributed by atoms with E-state index >= 15 is 0 Å². The van der Waals surface area contributed by atoms with Gasteiger partial charge in [-0.25, -0.2) is 0 Å². The van der Waals surface area contributed by atoms with Crippen LogP contribution in [0, 0.1) is 5.92 Å². The number of carboxylic acid groups (broad SMARTS) is 1. The topological polar surface area (TPSA) is 83.6 Å². The molecule has 1 fully saturated rings. The molecule has 1 atom stereocenters. The van der Waals surface area contributed by atoms with Crippen molar-refractivity contribution in [3.63, 3.8) is 0 Å². The van der Waals surface area contributed by atoms with Crippen molar-refractivity contribution in [3.05, 3.63) is 0 Å². The summed E-state index contributed by atoms with van der Waals surface area (Å²) in [6, 6.07) is -0.273. The lowest BCUT2D eigenvalue weighted by Crippen LogP contribution is -2.55. The summed E-state index contributed by atoms with van der Waals surface area (Å²) in [5, 5.41) is 8.47. The minimum Gasteiger partial charge on any atom is -0.481 e. The summed E-state index contributed by atoms with van der Waals surface area (Å²) >= 11 is 0. The third-order valence-corrected chi connectivity index (χ3v) is 2.41. The Balaban J connectivity index is 2.25. The van der Waals surface area contributed by atoms with E-state index in [0.717, 1.165) is 0 Å². The van der Waals surface area contributed by atoms with E-state index in [1.807, 2.05) is 4.90 Å². The number of aliphatic carboxylic acids is 1. The fraction of sp³-hybridized carbons (Fsp3) is 0.750. The molecule has 1 amide bonds. The molecule has 0 aromatic carbocycles. The molecule has 0 radical (unpaired) electrons.